The van der Waals surface area contributed by atoms with Crippen LogP contribution in [0.25, 0.3) is 0 Å². The summed E-state index contributed by atoms with van der Waals surface area (Å²) in [7, 11) is 1.54. The molecule has 0 aliphatic carbocycles. The molecule has 1 aromatic heterocycles. The lowest BCUT2D eigenvalue weighted by molar-refractivity contribution is -0.123. The number of benzene rings is 2. The highest BCUT2D eigenvalue weighted by molar-refractivity contribution is 7.98. The number of hydrogen-bond donors (Lipinski definition) is 3. The summed E-state index contributed by atoms with van der Waals surface area (Å²) in [6.45, 7) is 0. The first-order chi connectivity index (χ1) is 15.4. The molecule has 10 heteroatoms. The molecule has 0 saturated heterocycles. The Labute approximate surface area is 186 Å². The summed E-state index contributed by atoms with van der Waals surface area (Å²) in [5.74, 6) is -1.05. The van der Waals surface area contributed by atoms with E-state index in [1.165, 1.54) is 31.0 Å². The number of carbonyl (C=O) groups is 2. The van der Waals surface area contributed by atoms with Crippen molar-refractivity contribution in [1.29, 1.82) is 0 Å². The molecule has 0 bridgehead atoms. The van der Waals surface area contributed by atoms with Crippen molar-refractivity contribution in [3.8, 4) is 5.75 Å². The molecule has 2 heterocycles. The van der Waals surface area contributed by atoms with Crippen molar-refractivity contribution < 1.29 is 18.7 Å². The topological polar surface area (TPSA) is 113 Å². The second-order valence-electron chi connectivity index (χ2n) is 7.07. The van der Waals surface area contributed by atoms with Crippen LogP contribution in [-0.2, 0) is 15.3 Å². The van der Waals surface area contributed by atoms with Gasteiger partial charge >= 0.3 is 0 Å². The number of carbonyl (C=O) groups excluding carboxylic acids is 2. The van der Waals surface area contributed by atoms with Crippen molar-refractivity contribution in [1.82, 2.24) is 9.97 Å². The average Bonchev–Trinajstić information content (AvgIpc) is 2.78. The van der Waals surface area contributed by atoms with Crippen molar-refractivity contribution in [2.24, 2.45) is 0 Å². The van der Waals surface area contributed by atoms with Crippen molar-refractivity contribution in [3.63, 3.8) is 0 Å². The van der Waals surface area contributed by atoms with Gasteiger partial charge in [-0.1, -0.05) is 23.9 Å². The predicted molar refractivity (Wildman–Crippen MR) is 118 cm³/mol. The van der Waals surface area contributed by atoms with Crippen LogP contribution in [0.3, 0.4) is 0 Å². The zero-order valence-electron chi connectivity index (χ0n) is 17.0. The van der Waals surface area contributed by atoms with Gasteiger partial charge in [-0.05, 0) is 42.0 Å². The van der Waals surface area contributed by atoms with E-state index in [0.717, 1.165) is 5.56 Å². The fourth-order valence-electron chi connectivity index (χ4n) is 3.28. The first-order valence-corrected chi connectivity index (χ1v) is 10.7. The van der Waals surface area contributed by atoms with E-state index in [2.05, 4.69) is 20.6 Å². The van der Waals surface area contributed by atoms with Crippen LogP contribution in [0.2, 0.25) is 0 Å². The Bertz CT molecular complexity index is 1210. The van der Waals surface area contributed by atoms with Crippen LogP contribution in [0, 0.1) is 5.82 Å². The summed E-state index contributed by atoms with van der Waals surface area (Å²) >= 11 is 1.23. The number of halogens is 1. The number of aromatic nitrogens is 2. The van der Waals surface area contributed by atoms with Crippen LogP contribution in [0.1, 0.15) is 23.5 Å². The Balaban J connectivity index is 1.54. The fraction of sp³-hybridized carbons (Fsp3) is 0.182. The molecule has 4 rings (SSSR count). The molecule has 32 heavy (non-hydrogen) atoms. The molecular weight excluding hydrogens is 435 g/mol. The van der Waals surface area contributed by atoms with E-state index in [1.807, 2.05) is 0 Å². The molecule has 0 saturated carbocycles. The molecule has 3 N–H and O–H groups in total. The lowest BCUT2D eigenvalue weighted by Gasteiger charge is -2.23. The van der Waals surface area contributed by atoms with Gasteiger partial charge in [0.15, 0.2) is 5.16 Å². The van der Waals surface area contributed by atoms with Crippen LogP contribution in [-0.4, -0.2) is 28.9 Å². The Morgan fingerprint density at radius 1 is 1.19 bits per heavy atom. The highest BCUT2D eigenvalue weighted by atomic mass is 32.2. The average molecular weight is 454 g/mol. The van der Waals surface area contributed by atoms with E-state index >= 15 is 0 Å². The first-order valence-electron chi connectivity index (χ1n) is 9.69. The molecule has 0 unspecified atom stereocenters. The first kappa shape index (κ1) is 21.6. The number of amides is 2. The molecule has 0 spiro atoms. The van der Waals surface area contributed by atoms with Crippen molar-refractivity contribution in [3.05, 3.63) is 75.8 Å². The Kier molecular flexibility index (Phi) is 6.22. The molecule has 1 atom stereocenters. The molecule has 2 amide bonds. The highest BCUT2D eigenvalue weighted by Crippen LogP contribution is 2.31. The SMILES string of the molecule is COc1ccc(NC(=O)[C@H]2CC(=O)Nc3nc(SCc4ccc(F)cc4)[nH]c(=O)c32)cc1. The van der Waals surface area contributed by atoms with E-state index in [9.17, 15) is 18.8 Å². The second kappa shape index (κ2) is 9.23. The third-order valence-corrected chi connectivity index (χ3v) is 5.84. The van der Waals surface area contributed by atoms with Crippen LogP contribution in [0.5, 0.6) is 5.75 Å². The number of methoxy groups -OCH3 is 1. The maximum atomic E-state index is 13.1. The minimum absolute atomic E-state index is 0.0708. The number of rotatable bonds is 6. The van der Waals surface area contributed by atoms with Gasteiger partial charge in [-0.25, -0.2) is 9.37 Å². The van der Waals surface area contributed by atoms with Gasteiger partial charge in [-0.2, -0.15) is 0 Å². The predicted octanol–water partition coefficient (Wildman–Crippen LogP) is 3.27. The smallest absolute Gasteiger partial charge is 0.257 e. The summed E-state index contributed by atoms with van der Waals surface area (Å²) in [6.07, 6.45) is -0.165. The summed E-state index contributed by atoms with van der Waals surface area (Å²) in [5, 5.41) is 5.59. The van der Waals surface area contributed by atoms with E-state index in [4.69, 9.17) is 4.74 Å². The van der Waals surface area contributed by atoms with Crippen LogP contribution in [0.15, 0.2) is 58.5 Å². The standard InChI is InChI=1S/C22H19FN4O4S/c1-31-15-8-6-14(7-9-15)24-20(29)16-10-17(28)25-19-18(16)21(30)27-22(26-19)32-11-12-2-4-13(23)5-3-12/h2-9,16H,10-11H2,1H3,(H,24,29)(H2,25,26,27,28,30)/t16-/m0/s1. The zero-order valence-corrected chi connectivity index (χ0v) is 17.8. The van der Waals surface area contributed by atoms with Gasteiger partial charge < -0.3 is 20.4 Å². The van der Waals surface area contributed by atoms with Crippen LogP contribution < -0.4 is 20.9 Å². The number of thioether (sulfide) groups is 1. The van der Waals surface area contributed by atoms with Gasteiger partial charge in [0.05, 0.1) is 18.6 Å². The van der Waals surface area contributed by atoms with Crippen molar-refractivity contribution in [2.75, 3.05) is 17.7 Å². The van der Waals surface area contributed by atoms with E-state index in [0.29, 0.717) is 17.2 Å². The van der Waals surface area contributed by atoms with Crippen molar-refractivity contribution in [2.45, 2.75) is 23.2 Å². The lowest BCUT2D eigenvalue weighted by atomic mass is 9.92. The molecule has 3 aromatic rings. The largest absolute Gasteiger partial charge is 0.497 e. The molecule has 1 aliphatic heterocycles. The van der Waals surface area contributed by atoms with Gasteiger partial charge in [0.25, 0.3) is 5.56 Å². The summed E-state index contributed by atoms with van der Waals surface area (Å²) in [6, 6.07) is 12.7. The minimum atomic E-state index is -0.978. The third-order valence-electron chi connectivity index (χ3n) is 4.89. The lowest BCUT2D eigenvalue weighted by Crippen LogP contribution is -2.36. The van der Waals surface area contributed by atoms with E-state index < -0.39 is 23.3 Å². The molecule has 2 aromatic carbocycles. The maximum Gasteiger partial charge on any atom is 0.257 e. The number of hydrogen-bond acceptors (Lipinski definition) is 6. The summed E-state index contributed by atoms with van der Waals surface area (Å²) in [5.41, 5.74) is 0.977. The maximum absolute atomic E-state index is 13.1. The van der Waals surface area contributed by atoms with Gasteiger partial charge in [0, 0.05) is 17.9 Å². The fourth-order valence-corrected chi connectivity index (χ4v) is 4.10. The highest BCUT2D eigenvalue weighted by Gasteiger charge is 2.34. The van der Waals surface area contributed by atoms with Crippen LogP contribution >= 0.6 is 11.8 Å². The number of nitrogens with one attached hydrogen (secondary N) is 3. The molecule has 164 valence electrons. The minimum Gasteiger partial charge on any atom is -0.497 e. The Hall–Kier alpha value is -3.66. The van der Waals surface area contributed by atoms with Crippen LogP contribution in [0.4, 0.5) is 15.9 Å². The molecule has 1 aliphatic rings. The number of H-pyrrole nitrogens is 1. The van der Waals surface area contributed by atoms with E-state index in [-0.39, 0.29) is 28.8 Å². The second-order valence-corrected chi connectivity index (χ2v) is 8.04. The van der Waals surface area contributed by atoms with E-state index in [1.54, 1.807) is 36.4 Å². The summed E-state index contributed by atoms with van der Waals surface area (Å²) in [4.78, 5) is 44.9. The molecule has 0 radical (unpaired) electrons. The number of ether oxygens (including phenoxy) is 1. The number of aromatic amines is 1. The Morgan fingerprint density at radius 2 is 1.91 bits per heavy atom. The van der Waals surface area contributed by atoms with Gasteiger partial charge in [0.1, 0.15) is 17.4 Å². The third kappa shape index (κ3) is 4.80. The monoisotopic (exact) mass is 454 g/mol. The molecule has 0 fully saturated rings. The van der Waals surface area contributed by atoms with Crippen molar-refractivity contribution >= 4 is 35.1 Å². The zero-order chi connectivity index (χ0) is 22.7. The number of nitrogens with zero attached hydrogens (tertiary/aromatic N) is 1. The van der Waals surface area contributed by atoms with Gasteiger partial charge in [0.2, 0.25) is 11.8 Å². The quantitative estimate of drug-likeness (QED) is 0.389. The van der Waals surface area contributed by atoms with Gasteiger partial charge in [-0.3, -0.25) is 14.4 Å². The van der Waals surface area contributed by atoms with Gasteiger partial charge in [-0.15, -0.1) is 0 Å². The molecule has 8 nitrogen and oxygen atoms in total. The molecular formula is C22H19FN4O4S. The number of anilines is 2. The Morgan fingerprint density at radius 3 is 2.59 bits per heavy atom. The summed E-state index contributed by atoms with van der Waals surface area (Å²) < 4.78 is 18.1. The number of fused-ring (bicyclic) bond motifs is 1. The normalized spacial score (nSPS) is 14.9.